The molecule has 2 heterocycles. The van der Waals surface area contributed by atoms with Crippen LogP contribution in [0.2, 0.25) is 0 Å². The second-order valence-corrected chi connectivity index (χ2v) is 9.66. The Bertz CT molecular complexity index is 1240. The summed E-state index contributed by atoms with van der Waals surface area (Å²) in [4.78, 5) is 15.3. The molecule has 2 aliphatic rings. The van der Waals surface area contributed by atoms with Gasteiger partial charge in [0.2, 0.25) is 0 Å². The first-order chi connectivity index (χ1) is 15.8. The van der Waals surface area contributed by atoms with E-state index < -0.39 is 5.60 Å². The molecule has 0 radical (unpaired) electrons. The maximum atomic E-state index is 13.1. The van der Waals surface area contributed by atoms with Gasteiger partial charge in [0, 0.05) is 52.8 Å². The number of benzene rings is 3. The predicted molar refractivity (Wildman–Crippen MR) is 132 cm³/mol. The molecule has 5 nitrogen and oxygen atoms in total. The van der Waals surface area contributed by atoms with Crippen molar-refractivity contribution in [1.29, 1.82) is 0 Å². The lowest BCUT2D eigenvalue weighted by molar-refractivity contribution is 0.0224. The van der Waals surface area contributed by atoms with E-state index in [1.807, 2.05) is 42.5 Å². The van der Waals surface area contributed by atoms with E-state index in [-0.39, 0.29) is 11.5 Å². The number of rotatable bonds is 4. The quantitative estimate of drug-likeness (QED) is 0.480. The van der Waals surface area contributed by atoms with E-state index in [1.165, 1.54) is 0 Å². The molecular weight excluding hydrogens is 412 g/mol. The molecule has 0 saturated heterocycles. The molecule has 3 aromatic rings. The number of carbonyl (C=O) groups is 1. The fourth-order valence-electron chi connectivity index (χ4n) is 4.96. The number of nitrogens with one attached hydrogen (secondary N) is 1. The minimum absolute atomic E-state index is 0.113. The van der Waals surface area contributed by atoms with Gasteiger partial charge < -0.3 is 19.7 Å². The fraction of sp³-hybridized carbons (Fsp3) is 0.321. The van der Waals surface area contributed by atoms with Crippen molar-refractivity contribution in [2.45, 2.75) is 45.8 Å². The van der Waals surface area contributed by atoms with Crippen LogP contribution in [0.4, 0.5) is 11.4 Å². The molecule has 1 unspecified atom stereocenters. The van der Waals surface area contributed by atoms with Gasteiger partial charge >= 0.3 is 5.97 Å². The van der Waals surface area contributed by atoms with Gasteiger partial charge in [0.15, 0.2) is 5.60 Å². The third kappa shape index (κ3) is 3.34. The van der Waals surface area contributed by atoms with Crippen LogP contribution in [0.5, 0.6) is 11.5 Å². The summed E-state index contributed by atoms with van der Waals surface area (Å²) in [6.07, 6.45) is 0. The zero-order valence-electron chi connectivity index (χ0n) is 19.9. The first-order valence-electron chi connectivity index (χ1n) is 11.6. The standard InChI is InChI=1S/C28H30N2O3/c1-6-30(7-2)19-13-14-22-25(17-19)32-24-15-12-18(29-27(3,4)5)16-23(24)28(22)21-11-9-8-10-20(21)26(31)33-28/h8-17,29H,6-7H2,1-5H3. The molecule has 2 aliphatic heterocycles. The Morgan fingerprint density at radius 2 is 1.64 bits per heavy atom. The number of nitrogens with zero attached hydrogens (tertiary/aromatic N) is 1. The molecule has 170 valence electrons. The predicted octanol–water partition coefficient (Wildman–Crippen LogP) is 6.31. The van der Waals surface area contributed by atoms with Gasteiger partial charge in [-0.3, -0.25) is 0 Å². The average molecular weight is 443 g/mol. The highest BCUT2D eigenvalue weighted by Crippen LogP contribution is 2.57. The second kappa shape index (κ2) is 7.55. The summed E-state index contributed by atoms with van der Waals surface area (Å²) in [5.74, 6) is 1.10. The van der Waals surface area contributed by atoms with Crippen molar-refractivity contribution in [3.63, 3.8) is 0 Å². The first kappa shape index (κ1) is 21.4. The minimum Gasteiger partial charge on any atom is -0.456 e. The Labute approximate surface area is 195 Å². The first-order valence-corrected chi connectivity index (χ1v) is 11.6. The zero-order chi connectivity index (χ0) is 23.4. The molecule has 3 aromatic carbocycles. The number of anilines is 2. The van der Waals surface area contributed by atoms with Crippen molar-refractivity contribution >= 4 is 17.3 Å². The van der Waals surface area contributed by atoms with E-state index in [0.29, 0.717) is 17.1 Å². The van der Waals surface area contributed by atoms with Crippen LogP contribution in [0.15, 0.2) is 60.7 Å². The largest absolute Gasteiger partial charge is 0.456 e. The van der Waals surface area contributed by atoms with Crippen LogP contribution < -0.4 is 15.0 Å². The molecule has 1 atom stereocenters. The van der Waals surface area contributed by atoms with Gasteiger partial charge in [-0.25, -0.2) is 4.79 Å². The van der Waals surface area contributed by atoms with E-state index in [4.69, 9.17) is 9.47 Å². The molecule has 0 aromatic heterocycles. The van der Waals surface area contributed by atoms with Gasteiger partial charge in [0.25, 0.3) is 0 Å². The van der Waals surface area contributed by atoms with E-state index in [0.717, 1.165) is 41.2 Å². The second-order valence-electron chi connectivity index (χ2n) is 9.66. The number of fused-ring (bicyclic) bond motifs is 6. The number of carbonyl (C=O) groups excluding carboxylic acids is 1. The topological polar surface area (TPSA) is 50.8 Å². The van der Waals surface area contributed by atoms with Gasteiger partial charge in [-0.15, -0.1) is 0 Å². The Hall–Kier alpha value is -3.47. The molecule has 0 aliphatic carbocycles. The van der Waals surface area contributed by atoms with E-state index >= 15 is 0 Å². The third-order valence-electron chi connectivity index (χ3n) is 6.34. The highest BCUT2D eigenvalue weighted by atomic mass is 16.6. The number of ether oxygens (including phenoxy) is 2. The number of hydrogen-bond donors (Lipinski definition) is 1. The maximum Gasteiger partial charge on any atom is 0.340 e. The van der Waals surface area contributed by atoms with Crippen LogP contribution in [0.1, 0.15) is 61.7 Å². The molecule has 0 bridgehead atoms. The normalized spacial score (nSPS) is 18.2. The van der Waals surface area contributed by atoms with Crippen LogP contribution in [-0.2, 0) is 10.3 Å². The van der Waals surface area contributed by atoms with Crippen LogP contribution in [0, 0.1) is 0 Å². The zero-order valence-corrected chi connectivity index (χ0v) is 19.9. The van der Waals surface area contributed by atoms with Gasteiger partial charge in [-0.2, -0.15) is 0 Å². The summed E-state index contributed by atoms with van der Waals surface area (Å²) in [5.41, 5.74) is 4.00. The molecule has 0 fully saturated rings. The lowest BCUT2D eigenvalue weighted by Crippen LogP contribution is -2.34. The van der Waals surface area contributed by atoms with Crippen LogP contribution >= 0.6 is 0 Å². The Kier molecular flexibility index (Phi) is 4.89. The van der Waals surface area contributed by atoms with Crippen molar-refractivity contribution in [2.24, 2.45) is 0 Å². The Morgan fingerprint density at radius 3 is 2.36 bits per heavy atom. The van der Waals surface area contributed by atoms with E-state index in [1.54, 1.807) is 0 Å². The van der Waals surface area contributed by atoms with Crippen LogP contribution in [-0.4, -0.2) is 24.6 Å². The molecule has 33 heavy (non-hydrogen) atoms. The van der Waals surface area contributed by atoms with Crippen molar-refractivity contribution in [3.8, 4) is 11.5 Å². The molecule has 0 saturated carbocycles. The lowest BCUT2D eigenvalue weighted by atomic mass is 9.77. The average Bonchev–Trinajstić information content (AvgIpc) is 3.07. The SMILES string of the molecule is CCN(CC)c1ccc2c(c1)Oc1ccc(NC(C)(C)C)cc1C21OC(=O)c2ccccc21. The summed E-state index contributed by atoms with van der Waals surface area (Å²) < 4.78 is 12.7. The summed E-state index contributed by atoms with van der Waals surface area (Å²) in [5, 5.41) is 3.53. The monoisotopic (exact) mass is 442 g/mol. The van der Waals surface area contributed by atoms with Crippen molar-refractivity contribution in [1.82, 2.24) is 0 Å². The van der Waals surface area contributed by atoms with Crippen molar-refractivity contribution in [3.05, 3.63) is 82.9 Å². The summed E-state index contributed by atoms with van der Waals surface area (Å²) in [6.45, 7) is 12.4. The highest BCUT2D eigenvalue weighted by Gasteiger charge is 2.53. The van der Waals surface area contributed by atoms with Crippen molar-refractivity contribution < 1.29 is 14.3 Å². The lowest BCUT2D eigenvalue weighted by Gasteiger charge is -2.37. The van der Waals surface area contributed by atoms with Crippen molar-refractivity contribution in [2.75, 3.05) is 23.3 Å². The number of hydrogen-bond acceptors (Lipinski definition) is 5. The molecule has 1 N–H and O–H groups in total. The van der Waals surface area contributed by atoms with E-state index in [9.17, 15) is 4.79 Å². The minimum atomic E-state index is -1.05. The third-order valence-corrected chi connectivity index (χ3v) is 6.34. The van der Waals surface area contributed by atoms with E-state index in [2.05, 4.69) is 63.0 Å². The summed E-state index contributed by atoms with van der Waals surface area (Å²) in [7, 11) is 0. The Morgan fingerprint density at radius 1 is 0.879 bits per heavy atom. The van der Waals surface area contributed by atoms with Gasteiger partial charge in [-0.05, 0) is 71.0 Å². The molecule has 5 heteroatoms. The molecular formula is C28H30N2O3. The number of esters is 1. The fourth-order valence-corrected chi connectivity index (χ4v) is 4.96. The smallest absolute Gasteiger partial charge is 0.340 e. The van der Waals surface area contributed by atoms with Gasteiger partial charge in [0.1, 0.15) is 11.5 Å². The summed E-state index contributed by atoms with van der Waals surface area (Å²) >= 11 is 0. The highest BCUT2D eigenvalue weighted by molar-refractivity contribution is 5.97. The van der Waals surface area contributed by atoms with Gasteiger partial charge in [0.05, 0.1) is 5.56 Å². The van der Waals surface area contributed by atoms with Crippen LogP contribution in [0.3, 0.4) is 0 Å². The summed E-state index contributed by atoms with van der Waals surface area (Å²) in [6, 6.07) is 19.9. The van der Waals surface area contributed by atoms with Crippen LogP contribution in [0.25, 0.3) is 0 Å². The molecule has 1 spiro atoms. The molecule has 0 amide bonds. The molecule has 5 rings (SSSR count). The van der Waals surface area contributed by atoms with Gasteiger partial charge in [-0.1, -0.05) is 18.2 Å². The maximum absolute atomic E-state index is 13.1. The Balaban J connectivity index is 1.76.